The molecule has 0 spiro atoms. The van der Waals surface area contributed by atoms with Gasteiger partial charge >= 0.3 is 0 Å². The number of hydrogen-bond acceptors (Lipinski definition) is 2. The summed E-state index contributed by atoms with van der Waals surface area (Å²) < 4.78 is 18.7. The van der Waals surface area contributed by atoms with E-state index < -0.39 is 0 Å². The van der Waals surface area contributed by atoms with Gasteiger partial charge in [0.1, 0.15) is 5.82 Å². The Hall–Kier alpha value is -1.62. The van der Waals surface area contributed by atoms with E-state index in [-0.39, 0.29) is 12.4 Å². The smallest absolute Gasteiger partial charge is 0.193 e. The molecule has 2 rings (SSSR count). The quantitative estimate of drug-likeness (QED) is 0.684. The van der Waals surface area contributed by atoms with E-state index in [0.717, 1.165) is 24.6 Å². The number of ether oxygens (including phenoxy) is 1. The number of rotatable bonds is 4. The summed E-state index contributed by atoms with van der Waals surface area (Å²) in [5, 5.41) is 3.40. The first-order valence-electron chi connectivity index (χ1n) is 8.25. The number of benzene rings is 1. The van der Waals surface area contributed by atoms with Crippen molar-refractivity contribution in [3.05, 3.63) is 35.1 Å². The molecule has 1 aromatic rings. The first-order chi connectivity index (χ1) is 11.0. The van der Waals surface area contributed by atoms with Gasteiger partial charge in [-0.2, -0.15) is 0 Å². The second-order valence-electron chi connectivity index (χ2n) is 6.61. The highest BCUT2D eigenvalue weighted by Crippen LogP contribution is 2.21. The fourth-order valence-corrected chi connectivity index (χ4v) is 3.35. The number of methoxy groups -OCH3 is 1. The minimum absolute atomic E-state index is 0.223. The topological polar surface area (TPSA) is 36.9 Å². The Bertz CT molecular complexity index is 537. The number of halogens is 1. The Kier molecular flexibility index (Phi) is 6.39. The molecule has 0 radical (unpaired) electrons. The van der Waals surface area contributed by atoms with Crippen molar-refractivity contribution in [1.29, 1.82) is 0 Å². The zero-order chi connectivity index (χ0) is 16.8. The predicted octanol–water partition coefficient (Wildman–Crippen LogP) is 3.03. The van der Waals surface area contributed by atoms with Gasteiger partial charge in [-0.25, -0.2) is 4.39 Å². The number of aliphatic imine (C=N–C) groups is 1. The molecule has 2 unspecified atom stereocenters. The first kappa shape index (κ1) is 17.7. The summed E-state index contributed by atoms with van der Waals surface area (Å²) in [6, 6.07) is 5.15. The molecule has 0 saturated carbocycles. The van der Waals surface area contributed by atoms with Gasteiger partial charge in [-0.3, -0.25) is 4.99 Å². The molecule has 5 heteroatoms. The number of guanidine groups is 1. The normalized spacial score (nSPS) is 22.3. The third-order valence-corrected chi connectivity index (χ3v) is 4.24. The van der Waals surface area contributed by atoms with Gasteiger partial charge in [0.05, 0.1) is 6.61 Å². The van der Waals surface area contributed by atoms with Crippen LogP contribution < -0.4 is 5.32 Å². The lowest BCUT2D eigenvalue weighted by molar-refractivity contribution is 0.181. The summed E-state index contributed by atoms with van der Waals surface area (Å²) in [4.78, 5) is 6.72. The summed E-state index contributed by atoms with van der Waals surface area (Å²) in [6.45, 7) is 7.54. The second-order valence-corrected chi connectivity index (χ2v) is 6.61. The Labute approximate surface area is 138 Å². The molecule has 1 aliphatic heterocycles. The summed E-state index contributed by atoms with van der Waals surface area (Å²) in [5.41, 5.74) is 1.61. The fraction of sp³-hybridized carbons (Fsp3) is 0.611. The molecule has 1 N–H and O–H groups in total. The van der Waals surface area contributed by atoms with Crippen molar-refractivity contribution in [3.8, 4) is 0 Å². The van der Waals surface area contributed by atoms with Gasteiger partial charge in [-0.15, -0.1) is 0 Å². The fourth-order valence-electron chi connectivity index (χ4n) is 3.35. The van der Waals surface area contributed by atoms with E-state index in [9.17, 15) is 4.39 Å². The Morgan fingerprint density at radius 2 is 2.04 bits per heavy atom. The highest BCUT2D eigenvalue weighted by Gasteiger charge is 2.23. The lowest BCUT2D eigenvalue weighted by Crippen LogP contribution is -2.48. The average Bonchev–Trinajstić information content (AvgIpc) is 2.50. The van der Waals surface area contributed by atoms with Crippen molar-refractivity contribution in [2.75, 3.05) is 27.2 Å². The van der Waals surface area contributed by atoms with Gasteiger partial charge in [0.25, 0.3) is 0 Å². The van der Waals surface area contributed by atoms with Gasteiger partial charge in [-0.05, 0) is 36.0 Å². The molecular weight excluding hydrogens is 293 g/mol. The van der Waals surface area contributed by atoms with E-state index in [0.29, 0.717) is 23.9 Å². The van der Waals surface area contributed by atoms with E-state index in [2.05, 4.69) is 29.1 Å². The van der Waals surface area contributed by atoms with Crippen LogP contribution in [-0.2, 0) is 17.9 Å². The van der Waals surface area contributed by atoms with Crippen LogP contribution in [0.1, 0.15) is 31.4 Å². The molecule has 1 aromatic carbocycles. The number of piperidine rings is 1. The molecule has 23 heavy (non-hydrogen) atoms. The molecular formula is C18H28FN3O. The predicted molar refractivity (Wildman–Crippen MR) is 91.8 cm³/mol. The van der Waals surface area contributed by atoms with E-state index in [1.165, 1.54) is 12.5 Å². The van der Waals surface area contributed by atoms with Gasteiger partial charge in [0, 0.05) is 39.4 Å². The van der Waals surface area contributed by atoms with E-state index in [1.807, 2.05) is 13.1 Å². The lowest BCUT2D eigenvalue weighted by atomic mass is 9.92. The van der Waals surface area contributed by atoms with Crippen LogP contribution >= 0.6 is 0 Å². The van der Waals surface area contributed by atoms with Crippen LogP contribution in [0.2, 0.25) is 0 Å². The van der Waals surface area contributed by atoms with Crippen LogP contribution in [0.15, 0.2) is 23.2 Å². The van der Waals surface area contributed by atoms with Crippen LogP contribution in [0.4, 0.5) is 4.39 Å². The monoisotopic (exact) mass is 321 g/mol. The number of hydrogen-bond donors (Lipinski definition) is 1. The summed E-state index contributed by atoms with van der Waals surface area (Å²) >= 11 is 0. The minimum Gasteiger partial charge on any atom is -0.380 e. The Balaban J connectivity index is 1.99. The lowest BCUT2D eigenvalue weighted by Gasteiger charge is -2.37. The maximum absolute atomic E-state index is 13.7. The van der Waals surface area contributed by atoms with Crippen LogP contribution in [0.5, 0.6) is 0 Å². The summed E-state index contributed by atoms with van der Waals surface area (Å²) in [6.07, 6.45) is 1.27. The highest BCUT2D eigenvalue weighted by molar-refractivity contribution is 5.80. The summed E-state index contributed by atoms with van der Waals surface area (Å²) in [7, 11) is 3.39. The van der Waals surface area contributed by atoms with Crippen molar-refractivity contribution in [1.82, 2.24) is 10.2 Å². The maximum atomic E-state index is 13.7. The molecule has 0 amide bonds. The molecule has 4 nitrogen and oxygen atoms in total. The van der Waals surface area contributed by atoms with E-state index in [1.54, 1.807) is 13.2 Å². The SMILES string of the molecule is CN=C(NCc1ccc(F)c(COC)c1)N1CC(C)CC(C)C1. The van der Waals surface area contributed by atoms with Crippen LogP contribution in [-0.4, -0.2) is 38.1 Å². The molecule has 1 saturated heterocycles. The third kappa shape index (κ3) is 4.93. The van der Waals surface area contributed by atoms with Crippen LogP contribution in [0, 0.1) is 17.7 Å². The number of nitrogens with zero attached hydrogens (tertiary/aromatic N) is 2. The largest absolute Gasteiger partial charge is 0.380 e. The summed E-state index contributed by atoms with van der Waals surface area (Å²) in [5.74, 6) is 2.05. The molecule has 1 fully saturated rings. The third-order valence-electron chi connectivity index (χ3n) is 4.24. The molecule has 0 bridgehead atoms. The standard InChI is InChI=1S/C18H28FN3O/c1-13-7-14(2)11-22(10-13)18(20-3)21-9-15-5-6-17(19)16(8-15)12-23-4/h5-6,8,13-14H,7,9-12H2,1-4H3,(H,20,21). The van der Waals surface area contributed by atoms with Crippen molar-refractivity contribution < 1.29 is 9.13 Å². The van der Waals surface area contributed by atoms with Crippen molar-refractivity contribution in [3.63, 3.8) is 0 Å². The molecule has 128 valence electrons. The zero-order valence-electron chi connectivity index (χ0n) is 14.6. The second kappa shape index (κ2) is 8.29. The van der Waals surface area contributed by atoms with Crippen molar-refractivity contribution in [2.45, 2.75) is 33.4 Å². The maximum Gasteiger partial charge on any atom is 0.193 e. The minimum atomic E-state index is -0.223. The average molecular weight is 321 g/mol. The molecule has 1 heterocycles. The van der Waals surface area contributed by atoms with Gasteiger partial charge in [0.2, 0.25) is 0 Å². The molecule has 0 aliphatic carbocycles. The van der Waals surface area contributed by atoms with Gasteiger partial charge in [0.15, 0.2) is 5.96 Å². The first-order valence-corrected chi connectivity index (χ1v) is 8.25. The number of nitrogens with one attached hydrogen (secondary N) is 1. The molecule has 2 atom stereocenters. The van der Waals surface area contributed by atoms with Crippen molar-refractivity contribution >= 4 is 5.96 Å². The highest BCUT2D eigenvalue weighted by atomic mass is 19.1. The Morgan fingerprint density at radius 3 is 2.65 bits per heavy atom. The molecule has 0 aromatic heterocycles. The Morgan fingerprint density at radius 1 is 1.35 bits per heavy atom. The van der Waals surface area contributed by atoms with Crippen LogP contribution in [0.3, 0.4) is 0 Å². The van der Waals surface area contributed by atoms with Gasteiger partial charge in [-0.1, -0.05) is 19.9 Å². The number of likely N-dealkylation sites (tertiary alicyclic amines) is 1. The molecule has 1 aliphatic rings. The van der Waals surface area contributed by atoms with Crippen LogP contribution in [0.25, 0.3) is 0 Å². The van der Waals surface area contributed by atoms with E-state index in [4.69, 9.17) is 4.74 Å². The van der Waals surface area contributed by atoms with E-state index >= 15 is 0 Å². The zero-order valence-corrected chi connectivity index (χ0v) is 14.6. The van der Waals surface area contributed by atoms with Gasteiger partial charge < -0.3 is 15.0 Å². The van der Waals surface area contributed by atoms with Crippen molar-refractivity contribution in [2.24, 2.45) is 16.8 Å².